The third-order valence-corrected chi connectivity index (χ3v) is 7.90. The molecule has 0 spiro atoms. The molecule has 4 fully saturated rings. The summed E-state index contributed by atoms with van der Waals surface area (Å²) in [6.07, 6.45) is 11.7. The minimum Gasteiger partial charge on any atom is -0.481 e. The summed E-state index contributed by atoms with van der Waals surface area (Å²) in [7, 11) is 0. The van der Waals surface area contributed by atoms with Crippen molar-refractivity contribution in [3.63, 3.8) is 0 Å². The van der Waals surface area contributed by atoms with E-state index in [0.717, 1.165) is 62.7 Å². The van der Waals surface area contributed by atoms with E-state index in [9.17, 15) is 9.90 Å². The van der Waals surface area contributed by atoms with E-state index in [-0.39, 0.29) is 5.41 Å². The van der Waals surface area contributed by atoms with Gasteiger partial charge in [-0.15, -0.1) is 0 Å². The van der Waals surface area contributed by atoms with Crippen LogP contribution in [0.5, 0.6) is 0 Å². The van der Waals surface area contributed by atoms with E-state index in [4.69, 9.17) is 27.7 Å². The van der Waals surface area contributed by atoms with E-state index in [0.29, 0.717) is 27.2 Å². The highest BCUT2D eigenvalue weighted by molar-refractivity contribution is 6.39. The smallest absolute Gasteiger partial charge is 0.309 e. The molecule has 29 heavy (non-hydrogen) atoms. The van der Waals surface area contributed by atoms with Crippen LogP contribution in [0.4, 0.5) is 0 Å². The number of carboxylic acids is 1. The summed E-state index contributed by atoms with van der Waals surface area (Å²) < 4.78 is 5.75. The molecule has 1 heterocycles. The maximum absolute atomic E-state index is 11.7. The Bertz CT molecular complexity index is 961. The van der Waals surface area contributed by atoms with Crippen molar-refractivity contribution in [2.75, 3.05) is 0 Å². The van der Waals surface area contributed by atoms with Crippen LogP contribution in [0.1, 0.15) is 68.6 Å². The molecule has 4 saturated carbocycles. The van der Waals surface area contributed by atoms with Crippen molar-refractivity contribution in [1.29, 1.82) is 0 Å². The van der Waals surface area contributed by atoms with Crippen LogP contribution in [-0.4, -0.2) is 16.2 Å². The number of fused-ring (bicyclic) bond motifs is 3. The minimum atomic E-state index is -0.625. The molecule has 1 aromatic carbocycles. The summed E-state index contributed by atoms with van der Waals surface area (Å²) in [5, 5.41) is 15.1. The Morgan fingerprint density at radius 2 is 1.72 bits per heavy atom. The molecule has 0 aliphatic heterocycles. The van der Waals surface area contributed by atoms with Gasteiger partial charge in [0.25, 0.3) is 0 Å². The van der Waals surface area contributed by atoms with E-state index >= 15 is 0 Å². The molecule has 0 saturated heterocycles. The lowest BCUT2D eigenvalue weighted by Crippen LogP contribution is -2.45. The predicted octanol–water partition coefficient (Wildman–Crippen LogP) is 6.96. The number of aromatic nitrogens is 1. The fourth-order valence-corrected chi connectivity index (χ4v) is 5.64. The molecule has 2 bridgehead atoms. The summed E-state index contributed by atoms with van der Waals surface area (Å²) in [5.74, 6) is 0.697. The Hall–Kier alpha value is -1.78. The Labute approximate surface area is 179 Å². The van der Waals surface area contributed by atoms with E-state index in [2.05, 4.69) is 17.3 Å². The standard InChI is InChI=1S/C23H23Cl2NO3/c24-16-2-1-3-17(25)18(16)19-15(20(29-26-19)14-4-5-14)6-7-22-8-11-23(12-9-22,13-10-22)21(27)28/h1-3,6-7,14H,4-5,8-13H2,(H,27,28). The Kier molecular flexibility index (Phi) is 4.56. The minimum absolute atomic E-state index is 0.0663. The number of halogens is 2. The number of benzene rings is 1. The van der Waals surface area contributed by atoms with Gasteiger partial charge in [-0.25, -0.2) is 0 Å². The summed E-state index contributed by atoms with van der Waals surface area (Å²) in [4.78, 5) is 11.7. The van der Waals surface area contributed by atoms with E-state index in [1.54, 1.807) is 0 Å². The van der Waals surface area contributed by atoms with Gasteiger partial charge < -0.3 is 9.63 Å². The second kappa shape index (κ2) is 6.88. The first kappa shape index (κ1) is 19.2. The molecule has 4 nitrogen and oxygen atoms in total. The highest BCUT2D eigenvalue weighted by Gasteiger charge is 2.51. The topological polar surface area (TPSA) is 63.3 Å². The van der Waals surface area contributed by atoms with Crippen LogP contribution in [0, 0.1) is 10.8 Å². The molecular formula is C23H23Cl2NO3. The van der Waals surface area contributed by atoms with Crippen molar-refractivity contribution in [1.82, 2.24) is 5.16 Å². The van der Waals surface area contributed by atoms with E-state index in [1.807, 2.05) is 18.2 Å². The molecule has 2 aromatic rings. The first-order valence-corrected chi connectivity index (χ1v) is 11.1. The fourth-order valence-electron chi connectivity index (χ4n) is 5.06. The van der Waals surface area contributed by atoms with Crippen LogP contribution in [0.2, 0.25) is 10.0 Å². The molecule has 1 N–H and O–H groups in total. The van der Waals surface area contributed by atoms with Crippen LogP contribution in [0.15, 0.2) is 28.8 Å². The van der Waals surface area contributed by atoms with Crippen LogP contribution < -0.4 is 0 Å². The molecule has 0 unspecified atom stereocenters. The van der Waals surface area contributed by atoms with Crippen molar-refractivity contribution < 1.29 is 14.4 Å². The lowest BCUT2D eigenvalue weighted by atomic mass is 9.53. The van der Waals surface area contributed by atoms with Gasteiger partial charge in [0.2, 0.25) is 0 Å². The summed E-state index contributed by atoms with van der Waals surface area (Å²) in [6.45, 7) is 0. The van der Waals surface area contributed by atoms with Gasteiger partial charge in [-0.2, -0.15) is 0 Å². The number of carboxylic acid groups (broad SMARTS) is 1. The predicted molar refractivity (Wildman–Crippen MR) is 113 cm³/mol. The lowest BCUT2D eigenvalue weighted by molar-refractivity contribution is -0.157. The highest BCUT2D eigenvalue weighted by atomic mass is 35.5. The second-order valence-electron chi connectivity index (χ2n) is 8.96. The molecule has 0 atom stereocenters. The van der Waals surface area contributed by atoms with Crippen LogP contribution >= 0.6 is 23.2 Å². The van der Waals surface area contributed by atoms with Gasteiger partial charge in [0.05, 0.1) is 15.5 Å². The van der Waals surface area contributed by atoms with Crippen molar-refractivity contribution in [2.24, 2.45) is 10.8 Å². The van der Waals surface area contributed by atoms with Gasteiger partial charge in [0.15, 0.2) is 0 Å². The maximum Gasteiger partial charge on any atom is 0.309 e. The monoisotopic (exact) mass is 431 g/mol. The molecule has 6 rings (SSSR count). The summed E-state index contributed by atoms with van der Waals surface area (Å²) >= 11 is 12.9. The van der Waals surface area contributed by atoms with Crippen LogP contribution in [0.3, 0.4) is 0 Å². The van der Waals surface area contributed by atoms with Crippen LogP contribution in [-0.2, 0) is 4.79 Å². The number of hydrogen-bond donors (Lipinski definition) is 1. The van der Waals surface area contributed by atoms with E-state index in [1.165, 1.54) is 0 Å². The number of nitrogens with zero attached hydrogens (tertiary/aromatic N) is 1. The molecule has 0 radical (unpaired) electrons. The fraction of sp³-hybridized carbons (Fsp3) is 0.478. The number of allylic oxidation sites excluding steroid dienone is 1. The lowest BCUT2D eigenvalue weighted by Gasteiger charge is -2.50. The largest absolute Gasteiger partial charge is 0.481 e. The highest BCUT2D eigenvalue weighted by Crippen LogP contribution is 2.58. The summed E-state index contributed by atoms with van der Waals surface area (Å²) in [6, 6.07) is 5.45. The second-order valence-corrected chi connectivity index (χ2v) is 9.78. The molecular weight excluding hydrogens is 409 g/mol. The SMILES string of the molecule is O=C(O)C12CCC(C=Cc3c(-c4c(Cl)cccc4Cl)noc3C3CC3)(CC1)CC2. The average Bonchev–Trinajstić information content (AvgIpc) is 3.48. The number of hydrogen-bond acceptors (Lipinski definition) is 3. The Balaban J connectivity index is 1.51. The van der Waals surface area contributed by atoms with Gasteiger partial charge in [0, 0.05) is 17.0 Å². The first-order chi connectivity index (χ1) is 13.9. The first-order valence-electron chi connectivity index (χ1n) is 10.3. The summed E-state index contributed by atoms with van der Waals surface area (Å²) in [5.41, 5.74) is 1.94. The van der Waals surface area contributed by atoms with Gasteiger partial charge >= 0.3 is 5.97 Å². The zero-order valence-electron chi connectivity index (χ0n) is 16.1. The number of aliphatic carboxylic acids is 1. The van der Waals surface area contributed by atoms with Crippen molar-refractivity contribution >= 4 is 35.2 Å². The molecule has 6 heteroatoms. The van der Waals surface area contributed by atoms with Gasteiger partial charge in [0.1, 0.15) is 11.5 Å². The number of carbonyl (C=O) groups is 1. The van der Waals surface area contributed by atoms with Gasteiger partial charge in [-0.1, -0.05) is 46.6 Å². The third-order valence-electron chi connectivity index (χ3n) is 7.27. The molecule has 0 amide bonds. The third kappa shape index (κ3) is 3.21. The molecule has 4 aliphatic carbocycles. The quantitative estimate of drug-likeness (QED) is 0.555. The Morgan fingerprint density at radius 1 is 1.10 bits per heavy atom. The average molecular weight is 432 g/mol. The van der Waals surface area contributed by atoms with E-state index < -0.39 is 11.4 Å². The Morgan fingerprint density at radius 3 is 2.28 bits per heavy atom. The van der Waals surface area contributed by atoms with Gasteiger partial charge in [-0.05, 0) is 68.9 Å². The van der Waals surface area contributed by atoms with Gasteiger partial charge in [-0.3, -0.25) is 4.79 Å². The molecule has 152 valence electrons. The zero-order valence-corrected chi connectivity index (χ0v) is 17.6. The van der Waals surface area contributed by atoms with Crippen LogP contribution in [0.25, 0.3) is 17.3 Å². The molecule has 1 aromatic heterocycles. The number of rotatable bonds is 5. The zero-order chi connectivity index (χ0) is 20.2. The molecule has 4 aliphatic rings. The maximum atomic E-state index is 11.7. The van der Waals surface area contributed by atoms with Crippen molar-refractivity contribution in [3.8, 4) is 11.3 Å². The normalized spacial score (nSPS) is 28.9. The van der Waals surface area contributed by atoms with Crippen molar-refractivity contribution in [3.05, 3.63) is 45.6 Å². The van der Waals surface area contributed by atoms with Crippen molar-refractivity contribution in [2.45, 2.75) is 57.3 Å².